The van der Waals surface area contributed by atoms with Gasteiger partial charge in [0.15, 0.2) is 0 Å². The minimum atomic E-state index is -3.82. The number of rotatable bonds is 6. The number of nitrogens with zero attached hydrogens (tertiary/aromatic N) is 3. The van der Waals surface area contributed by atoms with Crippen LogP contribution in [0.4, 0.5) is 4.39 Å². The van der Waals surface area contributed by atoms with Crippen molar-refractivity contribution < 1.29 is 12.8 Å². The first-order chi connectivity index (χ1) is 13.5. The molecule has 0 bridgehead atoms. The highest BCUT2D eigenvalue weighted by atomic mass is 32.2. The van der Waals surface area contributed by atoms with Crippen molar-refractivity contribution in [2.24, 2.45) is 0 Å². The van der Waals surface area contributed by atoms with Crippen LogP contribution in [0, 0.1) is 5.82 Å². The molecule has 146 valence electrons. The molecule has 28 heavy (non-hydrogen) atoms. The summed E-state index contributed by atoms with van der Waals surface area (Å²) in [6.45, 7) is 0.0262. The number of nitrogens with one attached hydrogen (secondary N) is 1. The van der Waals surface area contributed by atoms with Crippen molar-refractivity contribution in [1.29, 1.82) is 0 Å². The molecule has 1 saturated carbocycles. The van der Waals surface area contributed by atoms with E-state index in [4.69, 9.17) is 0 Å². The summed E-state index contributed by atoms with van der Waals surface area (Å²) in [6.07, 6.45) is 6.15. The molecule has 2 heterocycles. The Morgan fingerprint density at radius 2 is 1.93 bits per heavy atom. The van der Waals surface area contributed by atoms with E-state index in [0.29, 0.717) is 11.7 Å². The lowest BCUT2D eigenvalue weighted by Crippen LogP contribution is -2.23. The molecule has 1 N–H and O–H groups in total. The van der Waals surface area contributed by atoms with E-state index >= 15 is 0 Å². The van der Waals surface area contributed by atoms with Gasteiger partial charge in [-0.2, -0.15) is 5.10 Å². The van der Waals surface area contributed by atoms with E-state index in [2.05, 4.69) is 14.8 Å². The number of halogens is 1. The van der Waals surface area contributed by atoms with E-state index in [1.807, 2.05) is 28.9 Å². The highest BCUT2D eigenvalue weighted by molar-refractivity contribution is 7.89. The van der Waals surface area contributed by atoms with Gasteiger partial charge in [0.25, 0.3) is 0 Å². The van der Waals surface area contributed by atoms with Crippen LogP contribution < -0.4 is 4.72 Å². The second-order valence-electron chi connectivity index (χ2n) is 6.90. The van der Waals surface area contributed by atoms with Crippen LogP contribution in [0.3, 0.4) is 0 Å². The first kappa shape index (κ1) is 18.8. The van der Waals surface area contributed by atoms with Crippen molar-refractivity contribution in [3.63, 3.8) is 0 Å². The van der Waals surface area contributed by atoms with Crippen LogP contribution in [-0.4, -0.2) is 23.2 Å². The quantitative estimate of drug-likeness (QED) is 0.685. The lowest BCUT2D eigenvalue weighted by atomic mass is 10.2. The first-order valence-corrected chi connectivity index (χ1v) is 10.8. The number of sulfonamides is 1. The van der Waals surface area contributed by atoms with Crippen LogP contribution in [0.2, 0.25) is 0 Å². The first-order valence-electron chi connectivity index (χ1n) is 9.28. The van der Waals surface area contributed by atoms with E-state index in [0.717, 1.165) is 43.1 Å². The molecule has 0 atom stereocenters. The number of benzene rings is 1. The monoisotopic (exact) mass is 400 g/mol. The van der Waals surface area contributed by atoms with Crippen molar-refractivity contribution in [3.05, 3.63) is 66.2 Å². The molecule has 1 fully saturated rings. The van der Waals surface area contributed by atoms with Gasteiger partial charge in [0.05, 0.1) is 34.6 Å². The maximum Gasteiger partial charge on any atom is 0.241 e. The normalized spacial score (nSPS) is 15.2. The third-order valence-electron chi connectivity index (χ3n) is 4.93. The van der Waals surface area contributed by atoms with E-state index in [-0.39, 0.29) is 11.4 Å². The molecule has 3 aromatic rings. The Bertz CT molecular complexity index is 1060. The van der Waals surface area contributed by atoms with Crippen molar-refractivity contribution in [1.82, 2.24) is 19.5 Å². The highest BCUT2D eigenvalue weighted by Crippen LogP contribution is 2.33. The second kappa shape index (κ2) is 7.81. The lowest BCUT2D eigenvalue weighted by Gasteiger charge is -2.13. The minimum Gasteiger partial charge on any atom is -0.260 e. The summed E-state index contributed by atoms with van der Waals surface area (Å²) in [7, 11) is -3.82. The molecule has 0 spiro atoms. The number of hydrogen-bond acceptors (Lipinski definition) is 4. The van der Waals surface area contributed by atoms with Gasteiger partial charge < -0.3 is 0 Å². The predicted molar refractivity (Wildman–Crippen MR) is 103 cm³/mol. The standard InChI is InChI=1S/C20H21FN4O2S/c21-15-6-5-9-18(12-15)28(26,27)23-14-16-13-20(19-10-3-4-11-22-19)25(24-16)17-7-1-2-8-17/h3-6,9-13,17,23H,1-2,7-8,14H2. The summed E-state index contributed by atoms with van der Waals surface area (Å²) in [4.78, 5) is 4.32. The van der Waals surface area contributed by atoms with E-state index < -0.39 is 15.8 Å². The SMILES string of the molecule is O=S(=O)(NCc1cc(-c2ccccn2)n(C2CCCC2)n1)c1cccc(F)c1. The van der Waals surface area contributed by atoms with Gasteiger partial charge in [-0.1, -0.05) is 25.0 Å². The summed E-state index contributed by atoms with van der Waals surface area (Å²) >= 11 is 0. The van der Waals surface area contributed by atoms with Crippen LogP contribution in [0.1, 0.15) is 37.4 Å². The second-order valence-corrected chi connectivity index (χ2v) is 8.67. The third kappa shape index (κ3) is 3.98. The van der Waals surface area contributed by atoms with E-state index in [9.17, 15) is 12.8 Å². The molecule has 2 aromatic heterocycles. The molecule has 0 aliphatic heterocycles. The van der Waals surface area contributed by atoms with Gasteiger partial charge in [0.1, 0.15) is 5.82 Å². The van der Waals surface area contributed by atoms with Gasteiger partial charge in [0.2, 0.25) is 10.0 Å². The Morgan fingerprint density at radius 1 is 1.11 bits per heavy atom. The van der Waals surface area contributed by atoms with Crippen molar-refractivity contribution in [3.8, 4) is 11.4 Å². The Balaban J connectivity index is 1.60. The summed E-state index contributed by atoms with van der Waals surface area (Å²) in [6, 6.07) is 12.8. The van der Waals surface area contributed by atoms with Crippen LogP contribution in [0.5, 0.6) is 0 Å². The number of aromatic nitrogens is 3. The number of pyridine rings is 1. The summed E-state index contributed by atoms with van der Waals surface area (Å²) in [5.41, 5.74) is 2.29. The Hall–Kier alpha value is -2.58. The van der Waals surface area contributed by atoms with E-state index in [1.165, 1.54) is 18.2 Å². The van der Waals surface area contributed by atoms with E-state index in [1.54, 1.807) is 6.20 Å². The van der Waals surface area contributed by atoms with Crippen molar-refractivity contribution in [2.75, 3.05) is 0 Å². The van der Waals surface area contributed by atoms with Gasteiger partial charge in [0, 0.05) is 6.20 Å². The van der Waals surface area contributed by atoms with Crippen LogP contribution in [-0.2, 0) is 16.6 Å². The summed E-state index contributed by atoms with van der Waals surface area (Å²) < 4.78 is 42.7. The molecule has 0 radical (unpaired) electrons. The molecule has 0 saturated heterocycles. The molecule has 0 unspecified atom stereocenters. The maximum atomic E-state index is 13.4. The fraction of sp³-hybridized carbons (Fsp3) is 0.300. The fourth-order valence-electron chi connectivity index (χ4n) is 3.55. The molecule has 1 aliphatic rings. The number of hydrogen-bond donors (Lipinski definition) is 1. The molecule has 8 heteroatoms. The molecule has 6 nitrogen and oxygen atoms in total. The van der Waals surface area contributed by atoms with Gasteiger partial charge >= 0.3 is 0 Å². The van der Waals surface area contributed by atoms with Crippen LogP contribution in [0.25, 0.3) is 11.4 Å². The molecular weight excluding hydrogens is 379 g/mol. The van der Waals surface area contributed by atoms with Gasteiger partial charge in [-0.05, 0) is 49.2 Å². The molecule has 1 aromatic carbocycles. The van der Waals surface area contributed by atoms with Crippen LogP contribution >= 0.6 is 0 Å². The molecule has 4 rings (SSSR count). The average molecular weight is 400 g/mol. The lowest BCUT2D eigenvalue weighted by molar-refractivity contribution is 0.466. The van der Waals surface area contributed by atoms with Crippen molar-refractivity contribution in [2.45, 2.75) is 43.2 Å². The highest BCUT2D eigenvalue weighted by Gasteiger charge is 2.23. The fourth-order valence-corrected chi connectivity index (χ4v) is 4.58. The smallest absolute Gasteiger partial charge is 0.241 e. The molecule has 1 aliphatic carbocycles. The Morgan fingerprint density at radius 3 is 2.64 bits per heavy atom. The van der Waals surface area contributed by atoms with Gasteiger partial charge in [-0.15, -0.1) is 0 Å². The third-order valence-corrected chi connectivity index (χ3v) is 6.33. The summed E-state index contributed by atoms with van der Waals surface area (Å²) in [5, 5.41) is 4.66. The zero-order valence-electron chi connectivity index (χ0n) is 15.3. The zero-order chi connectivity index (χ0) is 19.6. The largest absolute Gasteiger partial charge is 0.260 e. The van der Waals surface area contributed by atoms with Gasteiger partial charge in [-0.25, -0.2) is 17.5 Å². The topological polar surface area (TPSA) is 76.9 Å². The predicted octanol–water partition coefficient (Wildman–Crippen LogP) is 3.68. The minimum absolute atomic E-state index is 0.0262. The zero-order valence-corrected chi connectivity index (χ0v) is 16.1. The van der Waals surface area contributed by atoms with Crippen molar-refractivity contribution >= 4 is 10.0 Å². The Labute approximate surface area is 163 Å². The summed E-state index contributed by atoms with van der Waals surface area (Å²) in [5.74, 6) is -0.592. The molecular formula is C20H21FN4O2S. The maximum absolute atomic E-state index is 13.4. The van der Waals surface area contributed by atoms with Crippen LogP contribution in [0.15, 0.2) is 59.6 Å². The van der Waals surface area contributed by atoms with Gasteiger partial charge in [-0.3, -0.25) is 9.67 Å². The average Bonchev–Trinajstić information content (AvgIpc) is 3.37. The Kier molecular flexibility index (Phi) is 5.23. The molecule has 0 amide bonds.